The number of thioether (sulfide) groups is 1. The molecule has 3 rings (SSSR count). The maximum absolute atomic E-state index is 12.8. The molecule has 0 unspecified atom stereocenters. The summed E-state index contributed by atoms with van der Waals surface area (Å²) in [6.45, 7) is 5.64. The largest absolute Gasteiger partial charge is 0.325 e. The number of aromatic nitrogens is 2. The third kappa shape index (κ3) is 4.69. The van der Waals surface area contributed by atoms with Crippen molar-refractivity contribution in [3.8, 4) is 0 Å². The van der Waals surface area contributed by atoms with Crippen LogP contribution < -0.4 is 10.9 Å². The van der Waals surface area contributed by atoms with E-state index in [9.17, 15) is 19.7 Å². The van der Waals surface area contributed by atoms with Crippen LogP contribution in [0.5, 0.6) is 0 Å². The maximum atomic E-state index is 12.8. The van der Waals surface area contributed by atoms with Crippen molar-refractivity contribution in [1.29, 1.82) is 0 Å². The molecule has 8 nitrogen and oxygen atoms in total. The lowest BCUT2D eigenvalue weighted by Crippen LogP contribution is -2.24. The van der Waals surface area contributed by atoms with Crippen molar-refractivity contribution in [2.24, 2.45) is 0 Å². The van der Waals surface area contributed by atoms with Crippen LogP contribution >= 0.6 is 23.4 Å². The highest BCUT2D eigenvalue weighted by Gasteiger charge is 2.15. The molecular weight excluding hydrogens is 428 g/mol. The number of allylic oxidation sites excluding steroid dienone is 1. The molecule has 0 fully saturated rings. The van der Waals surface area contributed by atoms with Crippen LogP contribution in [0.25, 0.3) is 10.9 Å². The number of amides is 1. The molecule has 0 bridgehead atoms. The number of fused-ring (bicyclic) bond motifs is 1. The molecule has 154 valence electrons. The lowest BCUT2D eigenvalue weighted by Gasteiger charge is -2.12. The fourth-order valence-corrected chi connectivity index (χ4v) is 3.72. The highest BCUT2D eigenvalue weighted by molar-refractivity contribution is 7.99. The molecule has 3 aromatic rings. The van der Waals surface area contributed by atoms with E-state index in [0.717, 1.165) is 11.8 Å². The molecule has 1 heterocycles. The van der Waals surface area contributed by atoms with Gasteiger partial charge < -0.3 is 5.32 Å². The molecule has 0 saturated heterocycles. The van der Waals surface area contributed by atoms with Gasteiger partial charge in [-0.2, -0.15) is 0 Å². The van der Waals surface area contributed by atoms with Crippen molar-refractivity contribution in [3.63, 3.8) is 0 Å². The van der Waals surface area contributed by atoms with Crippen LogP contribution in [0.2, 0.25) is 5.02 Å². The second-order valence-corrected chi connectivity index (χ2v) is 7.73. The van der Waals surface area contributed by atoms with Gasteiger partial charge in [-0.15, -0.1) is 6.58 Å². The Bertz CT molecular complexity index is 1230. The van der Waals surface area contributed by atoms with Gasteiger partial charge in [0.25, 0.3) is 11.2 Å². The molecule has 1 aromatic heterocycles. The first-order chi connectivity index (χ1) is 14.3. The van der Waals surface area contributed by atoms with Gasteiger partial charge in [-0.05, 0) is 30.7 Å². The quantitative estimate of drug-likeness (QED) is 0.192. The molecule has 0 aliphatic heterocycles. The van der Waals surface area contributed by atoms with E-state index in [1.165, 1.54) is 16.7 Å². The average Bonchev–Trinajstić information content (AvgIpc) is 2.70. The number of benzene rings is 2. The predicted octanol–water partition coefficient (Wildman–Crippen LogP) is 4.18. The Hall–Kier alpha value is -3.17. The number of aryl methyl sites for hydroxylation is 1. The topological polar surface area (TPSA) is 107 Å². The lowest BCUT2D eigenvalue weighted by atomic mass is 10.2. The zero-order chi connectivity index (χ0) is 21.8. The summed E-state index contributed by atoms with van der Waals surface area (Å²) in [6.07, 6.45) is 1.57. The van der Waals surface area contributed by atoms with E-state index in [4.69, 9.17) is 11.6 Å². The van der Waals surface area contributed by atoms with Crippen LogP contribution in [0.3, 0.4) is 0 Å². The molecule has 0 saturated carbocycles. The predicted molar refractivity (Wildman–Crippen MR) is 118 cm³/mol. The molecule has 2 aromatic carbocycles. The SMILES string of the molecule is C=CCn1c(SCC(=O)Nc2cc([N+](=O)[O-])ccc2C)nc2cc(Cl)ccc2c1=O. The molecule has 1 amide bonds. The molecule has 0 aliphatic carbocycles. The van der Waals surface area contributed by atoms with Crippen LogP contribution in [-0.4, -0.2) is 26.1 Å². The first-order valence-electron chi connectivity index (χ1n) is 8.79. The number of nitro benzene ring substituents is 1. The number of carbonyl (C=O) groups excluding carboxylic acids is 1. The number of carbonyl (C=O) groups is 1. The Labute approximate surface area is 180 Å². The summed E-state index contributed by atoms with van der Waals surface area (Å²) in [5.41, 5.74) is 1.12. The molecule has 0 spiro atoms. The second kappa shape index (κ2) is 9.10. The van der Waals surface area contributed by atoms with E-state index in [-0.39, 0.29) is 29.5 Å². The molecule has 0 radical (unpaired) electrons. The van der Waals surface area contributed by atoms with E-state index in [2.05, 4.69) is 16.9 Å². The Balaban J connectivity index is 1.84. The minimum Gasteiger partial charge on any atom is -0.325 e. The normalized spacial score (nSPS) is 10.7. The number of nitro groups is 1. The third-order valence-electron chi connectivity index (χ3n) is 4.23. The zero-order valence-electron chi connectivity index (χ0n) is 15.9. The second-order valence-electron chi connectivity index (χ2n) is 6.35. The zero-order valence-corrected chi connectivity index (χ0v) is 17.5. The fourth-order valence-electron chi connectivity index (χ4n) is 2.75. The average molecular weight is 445 g/mol. The summed E-state index contributed by atoms with van der Waals surface area (Å²) < 4.78 is 1.43. The first-order valence-corrected chi connectivity index (χ1v) is 10.1. The van der Waals surface area contributed by atoms with Gasteiger partial charge in [0.15, 0.2) is 5.16 Å². The van der Waals surface area contributed by atoms with Gasteiger partial charge in [-0.1, -0.05) is 35.5 Å². The van der Waals surface area contributed by atoms with Crippen molar-refractivity contribution >= 4 is 51.5 Å². The number of non-ortho nitro benzene ring substituents is 1. The molecule has 10 heteroatoms. The molecule has 1 N–H and O–H groups in total. The summed E-state index contributed by atoms with van der Waals surface area (Å²) in [6, 6.07) is 9.07. The number of anilines is 1. The van der Waals surface area contributed by atoms with Gasteiger partial charge in [-0.3, -0.25) is 24.3 Å². The van der Waals surface area contributed by atoms with Crippen LogP contribution in [-0.2, 0) is 11.3 Å². The van der Waals surface area contributed by atoms with Gasteiger partial charge in [0.05, 0.1) is 27.3 Å². The van der Waals surface area contributed by atoms with Crippen LogP contribution in [0.4, 0.5) is 11.4 Å². The lowest BCUT2D eigenvalue weighted by molar-refractivity contribution is -0.384. The monoisotopic (exact) mass is 444 g/mol. The standard InChI is InChI=1S/C20H17ClN4O4S/c1-3-8-24-19(27)15-7-5-13(21)9-17(15)23-20(24)30-11-18(26)22-16-10-14(25(28)29)6-4-12(16)2/h3-7,9-10H,1,8,11H2,2H3,(H,22,26). The maximum Gasteiger partial charge on any atom is 0.271 e. The number of nitrogens with one attached hydrogen (secondary N) is 1. The number of rotatable bonds is 7. The highest BCUT2D eigenvalue weighted by Crippen LogP contribution is 2.24. The number of nitrogens with zero attached hydrogens (tertiary/aromatic N) is 3. The van der Waals surface area contributed by atoms with Gasteiger partial charge in [0, 0.05) is 23.7 Å². The van der Waals surface area contributed by atoms with Crippen molar-refractivity contribution in [2.75, 3.05) is 11.1 Å². The minimum atomic E-state index is -0.526. The van der Waals surface area contributed by atoms with Crippen LogP contribution in [0, 0.1) is 17.0 Å². The smallest absolute Gasteiger partial charge is 0.271 e. The van der Waals surface area contributed by atoms with Gasteiger partial charge >= 0.3 is 0 Å². The summed E-state index contributed by atoms with van der Waals surface area (Å²) in [5.74, 6) is -0.424. The van der Waals surface area contributed by atoms with E-state index in [1.54, 1.807) is 37.3 Å². The number of halogens is 1. The van der Waals surface area contributed by atoms with E-state index in [0.29, 0.717) is 32.3 Å². The summed E-state index contributed by atoms with van der Waals surface area (Å²) in [5, 5.41) is 14.8. The van der Waals surface area contributed by atoms with Crippen molar-refractivity contribution in [2.45, 2.75) is 18.6 Å². The third-order valence-corrected chi connectivity index (χ3v) is 5.44. The highest BCUT2D eigenvalue weighted by atomic mass is 35.5. The van der Waals surface area contributed by atoms with Crippen LogP contribution in [0.15, 0.2) is 59.0 Å². The van der Waals surface area contributed by atoms with E-state index < -0.39 is 4.92 Å². The molecular formula is C20H17ClN4O4S. The van der Waals surface area contributed by atoms with Crippen molar-refractivity contribution in [3.05, 3.63) is 80.1 Å². The Kier molecular flexibility index (Phi) is 6.53. The molecule has 0 aliphatic rings. The van der Waals surface area contributed by atoms with Crippen molar-refractivity contribution in [1.82, 2.24) is 9.55 Å². The summed E-state index contributed by atoms with van der Waals surface area (Å²) in [7, 11) is 0. The first kappa shape index (κ1) is 21.5. The Morgan fingerprint density at radius 3 is 2.83 bits per heavy atom. The van der Waals surface area contributed by atoms with Crippen LogP contribution in [0.1, 0.15) is 5.56 Å². The Morgan fingerprint density at radius 1 is 1.37 bits per heavy atom. The summed E-state index contributed by atoms with van der Waals surface area (Å²) >= 11 is 7.09. The summed E-state index contributed by atoms with van der Waals surface area (Å²) in [4.78, 5) is 40.1. The number of hydrogen-bond acceptors (Lipinski definition) is 6. The van der Waals surface area contributed by atoms with Crippen molar-refractivity contribution < 1.29 is 9.72 Å². The minimum absolute atomic E-state index is 0.0439. The van der Waals surface area contributed by atoms with Gasteiger partial charge in [0.2, 0.25) is 5.91 Å². The van der Waals surface area contributed by atoms with Gasteiger partial charge in [-0.25, -0.2) is 4.98 Å². The fraction of sp³-hybridized carbons (Fsp3) is 0.150. The Morgan fingerprint density at radius 2 is 2.13 bits per heavy atom. The van der Waals surface area contributed by atoms with E-state index >= 15 is 0 Å². The van der Waals surface area contributed by atoms with Gasteiger partial charge in [0.1, 0.15) is 0 Å². The number of hydrogen-bond donors (Lipinski definition) is 1. The molecule has 30 heavy (non-hydrogen) atoms. The molecule has 0 atom stereocenters. The van der Waals surface area contributed by atoms with E-state index in [1.807, 2.05) is 0 Å².